The molecular formula is C11H16ClN3O3S. The van der Waals surface area contributed by atoms with Gasteiger partial charge in [0.15, 0.2) is 0 Å². The Morgan fingerprint density at radius 3 is 2.42 bits per heavy atom. The Kier molecular flexibility index (Phi) is 5.30. The van der Waals surface area contributed by atoms with Gasteiger partial charge in [-0.05, 0) is 37.2 Å². The molecule has 0 aromatic heterocycles. The Hall–Kier alpha value is -1.15. The van der Waals surface area contributed by atoms with E-state index in [0.717, 1.165) is 19.5 Å². The summed E-state index contributed by atoms with van der Waals surface area (Å²) in [6, 6.07) is 5.71. The van der Waals surface area contributed by atoms with Crippen molar-refractivity contribution in [1.29, 1.82) is 0 Å². The molecule has 0 radical (unpaired) electrons. The second-order valence-electron chi connectivity index (χ2n) is 4.23. The van der Waals surface area contributed by atoms with Crippen LogP contribution in [0.1, 0.15) is 16.8 Å². The summed E-state index contributed by atoms with van der Waals surface area (Å²) >= 11 is 0. The summed E-state index contributed by atoms with van der Waals surface area (Å²) in [5.41, 5.74) is 0.425. The van der Waals surface area contributed by atoms with Crippen LogP contribution in [0.2, 0.25) is 0 Å². The van der Waals surface area contributed by atoms with E-state index < -0.39 is 10.0 Å². The first-order valence-electron chi connectivity index (χ1n) is 5.61. The van der Waals surface area contributed by atoms with Crippen LogP contribution < -0.4 is 15.8 Å². The molecule has 8 heteroatoms. The van der Waals surface area contributed by atoms with Crippen LogP contribution in [0.15, 0.2) is 29.2 Å². The summed E-state index contributed by atoms with van der Waals surface area (Å²) in [4.78, 5) is 11.8. The molecule has 106 valence electrons. The van der Waals surface area contributed by atoms with Gasteiger partial charge in [-0.15, -0.1) is 12.4 Å². The van der Waals surface area contributed by atoms with Crippen molar-refractivity contribution >= 4 is 28.3 Å². The first kappa shape index (κ1) is 15.9. The minimum atomic E-state index is -3.71. The summed E-state index contributed by atoms with van der Waals surface area (Å²) in [5, 5.41) is 11.0. The average Bonchev–Trinajstić information content (AvgIpc) is 2.81. The van der Waals surface area contributed by atoms with Gasteiger partial charge in [-0.2, -0.15) is 0 Å². The highest BCUT2D eigenvalue weighted by Crippen LogP contribution is 2.09. The van der Waals surface area contributed by atoms with Gasteiger partial charge in [-0.1, -0.05) is 0 Å². The fraction of sp³-hybridized carbons (Fsp3) is 0.364. The van der Waals surface area contributed by atoms with Crippen LogP contribution >= 0.6 is 12.4 Å². The van der Waals surface area contributed by atoms with Crippen LogP contribution in [0.4, 0.5) is 0 Å². The van der Waals surface area contributed by atoms with Crippen molar-refractivity contribution in [2.24, 2.45) is 5.14 Å². The van der Waals surface area contributed by atoms with E-state index in [-0.39, 0.29) is 29.3 Å². The third-order valence-electron chi connectivity index (χ3n) is 2.84. The number of hydrogen-bond acceptors (Lipinski definition) is 4. The first-order valence-corrected chi connectivity index (χ1v) is 7.16. The zero-order valence-corrected chi connectivity index (χ0v) is 11.8. The highest BCUT2D eigenvalue weighted by molar-refractivity contribution is 7.89. The molecule has 1 fully saturated rings. The standard InChI is InChI=1S/C11H15N3O3S.ClH/c12-18(16,17)10-3-1-8(2-4-10)11(15)14-9-5-6-13-7-9;/h1-4,9,13H,5-7H2,(H,14,15)(H2,12,16,17);1H/t9-;/m1./s1. The topological polar surface area (TPSA) is 101 Å². The van der Waals surface area contributed by atoms with Gasteiger partial charge in [-0.3, -0.25) is 4.79 Å². The van der Waals surface area contributed by atoms with Crippen molar-refractivity contribution in [3.8, 4) is 0 Å². The summed E-state index contributed by atoms with van der Waals surface area (Å²) in [6.45, 7) is 1.66. The van der Waals surface area contributed by atoms with E-state index in [1.807, 2.05) is 0 Å². The smallest absolute Gasteiger partial charge is 0.251 e. The van der Waals surface area contributed by atoms with Crippen molar-refractivity contribution in [2.75, 3.05) is 13.1 Å². The van der Waals surface area contributed by atoms with E-state index in [9.17, 15) is 13.2 Å². The maximum Gasteiger partial charge on any atom is 0.251 e. The predicted octanol–water partition coefficient (Wildman–Crippen LogP) is -0.153. The van der Waals surface area contributed by atoms with Crippen molar-refractivity contribution in [3.05, 3.63) is 29.8 Å². The molecule has 1 atom stereocenters. The number of nitrogens with two attached hydrogens (primary N) is 1. The van der Waals surface area contributed by atoms with Crippen molar-refractivity contribution in [3.63, 3.8) is 0 Å². The summed E-state index contributed by atoms with van der Waals surface area (Å²) in [6.07, 6.45) is 0.904. The fourth-order valence-corrected chi connectivity index (χ4v) is 2.36. The molecule has 0 bridgehead atoms. The van der Waals surface area contributed by atoms with Crippen LogP contribution in [0.3, 0.4) is 0 Å². The molecule has 4 N–H and O–H groups in total. The number of rotatable bonds is 3. The van der Waals surface area contributed by atoms with Gasteiger partial charge in [-0.25, -0.2) is 13.6 Å². The van der Waals surface area contributed by atoms with Gasteiger partial charge < -0.3 is 10.6 Å². The maximum atomic E-state index is 11.8. The van der Waals surface area contributed by atoms with E-state index in [1.54, 1.807) is 0 Å². The highest BCUT2D eigenvalue weighted by Gasteiger charge is 2.17. The Bertz CT molecular complexity index is 539. The first-order chi connectivity index (χ1) is 8.47. The molecule has 1 aliphatic heterocycles. The molecule has 1 saturated heterocycles. The molecule has 1 heterocycles. The van der Waals surface area contributed by atoms with Crippen molar-refractivity contribution < 1.29 is 13.2 Å². The molecular weight excluding hydrogens is 290 g/mol. The van der Waals surface area contributed by atoms with Gasteiger partial charge in [0.2, 0.25) is 10.0 Å². The van der Waals surface area contributed by atoms with E-state index in [2.05, 4.69) is 10.6 Å². The van der Waals surface area contributed by atoms with Gasteiger partial charge in [0.05, 0.1) is 4.90 Å². The van der Waals surface area contributed by atoms with Gasteiger partial charge in [0.25, 0.3) is 5.91 Å². The van der Waals surface area contributed by atoms with Gasteiger partial charge >= 0.3 is 0 Å². The number of hydrogen-bond donors (Lipinski definition) is 3. The van der Waals surface area contributed by atoms with Crippen LogP contribution in [-0.2, 0) is 10.0 Å². The summed E-state index contributed by atoms with van der Waals surface area (Å²) in [5.74, 6) is -0.204. The second-order valence-corrected chi connectivity index (χ2v) is 5.79. The number of halogens is 1. The lowest BCUT2D eigenvalue weighted by atomic mass is 10.2. The lowest BCUT2D eigenvalue weighted by Gasteiger charge is -2.11. The van der Waals surface area contributed by atoms with E-state index in [0.29, 0.717) is 5.56 Å². The quantitative estimate of drug-likeness (QED) is 0.722. The van der Waals surface area contributed by atoms with Gasteiger partial charge in [0.1, 0.15) is 0 Å². The molecule has 0 aliphatic carbocycles. The summed E-state index contributed by atoms with van der Waals surface area (Å²) < 4.78 is 22.1. The fourth-order valence-electron chi connectivity index (χ4n) is 1.84. The number of benzene rings is 1. The zero-order chi connectivity index (χ0) is 13.2. The molecule has 19 heavy (non-hydrogen) atoms. The third-order valence-corrected chi connectivity index (χ3v) is 3.77. The van der Waals surface area contributed by atoms with Crippen LogP contribution in [0.25, 0.3) is 0 Å². The largest absolute Gasteiger partial charge is 0.348 e. The Labute approximate surface area is 118 Å². The van der Waals surface area contributed by atoms with E-state index >= 15 is 0 Å². The SMILES string of the molecule is Cl.NS(=O)(=O)c1ccc(C(=O)N[C@@H]2CCNC2)cc1. The monoisotopic (exact) mass is 305 g/mol. The molecule has 0 spiro atoms. The van der Waals surface area contributed by atoms with Gasteiger partial charge in [0, 0.05) is 18.2 Å². The molecule has 1 aliphatic rings. The number of carbonyl (C=O) groups is 1. The minimum Gasteiger partial charge on any atom is -0.348 e. The second kappa shape index (κ2) is 6.33. The Morgan fingerprint density at radius 2 is 1.95 bits per heavy atom. The van der Waals surface area contributed by atoms with E-state index in [1.165, 1.54) is 24.3 Å². The average molecular weight is 306 g/mol. The maximum absolute atomic E-state index is 11.8. The lowest BCUT2D eigenvalue weighted by molar-refractivity contribution is 0.0940. The molecule has 1 aromatic rings. The number of sulfonamides is 1. The number of amides is 1. The number of primary sulfonamides is 1. The number of carbonyl (C=O) groups excluding carboxylic acids is 1. The van der Waals surface area contributed by atoms with Crippen LogP contribution in [0.5, 0.6) is 0 Å². The zero-order valence-electron chi connectivity index (χ0n) is 10.1. The number of nitrogens with one attached hydrogen (secondary N) is 2. The van der Waals surface area contributed by atoms with Crippen LogP contribution in [-0.4, -0.2) is 33.5 Å². The van der Waals surface area contributed by atoms with Crippen molar-refractivity contribution in [2.45, 2.75) is 17.4 Å². The molecule has 0 saturated carbocycles. The lowest BCUT2D eigenvalue weighted by Crippen LogP contribution is -2.36. The van der Waals surface area contributed by atoms with Crippen LogP contribution in [0, 0.1) is 0 Å². The minimum absolute atomic E-state index is 0. The summed E-state index contributed by atoms with van der Waals surface area (Å²) in [7, 11) is -3.71. The molecule has 2 rings (SSSR count). The Balaban J connectivity index is 0.00000180. The highest BCUT2D eigenvalue weighted by atomic mass is 35.5. The third kappa shape index (κ3) is 4.17. The van der Waals surface area contributed by atoms with Crippen molar-refractivity contribution in [1.82, 2.24) is 10.6 Å². The Morgan fingerprint density at radius 1 is 1.32 bits per heavy atom. The molecule has 1 amide bonds. The normalized spacial score (nSPS) is 18.7. The predicted molar refractivity (Wildman–Crippen MR) is 73.8 cm³/mol. The molecule has 6 nitrogen and oxygen atoms in total. The van der Waals surface area contributed by atoms with E-state index in [4.69, 9.17) is 5.14 Å². The molecule has 0 unspecified atom stereocenters. The molecule has 1 aromatic carbocycles.